The Bertz CT molecular complexity index is 441. The van der Waals surface area contributed by atoms with Crippen LogP contribution >= 0.6 is 0 Å². The lowest BCUT2D eigenvalue weighted by Gasteiger charge is -2.32. The van der Waals surface area contributed by atoms with E-state index in [1.54, 1.807) is 0 Å². The van der Waals surface area contributed by atoms with Gasteiger partial charge in [0, 0.05) is 12.6 Å². The van der Waals surface area contributed by atoms with Gasteiger partial charge in [-0.15, -0.1) is 0 Å². The maximum absolute atomic E-state index is 12.9. The summed E-state index contributed by atoms with van der Waals surface area (Å²) < 4.78 is 12.9. The van der Waals surface area contributed by atoms with Crippen molar-refractivity contribution in [1.29, 1.82) is 0 Å². The van der Waals surface area contributed by atoms with Gasteiger partial charge in [-0.25, -0.2) is 9.37 Å². The molecule has 2 rings (SSSR count). The minimum absolute atomic E-state index is 0.108. The summed E-state index contributed by atoms with van der Waals surface area (Å²) in [6, 6.07) is 2.84. The normalized spacial score (nSPS) is 19.1. The summed E-state index contributed by atoms with van der Waals surface area (Å²) in [6.45, 7) is 6.73. The van der Waals surface area contributed by atoms with Crippen LogP contribution in [-0.2, 0) is 0 Å². The number of amides is 1. The van der Waals surface area contributed by atoms with Gasteiger partial charge in [0.2, 0.25) is 0 Å². The van der Waals surface area contributed by atoms with Crippen molar-refractivity contribution in [2.45, 2.75) is 32.7 Å². The molecule has 0 radical (unpaired) electrons. The van der Waals surface area contributed by atoms with Crippen LogP contribution in [0.3, 0.4) is 0 Å². The molecule has 0 saturated carbocycles. The van der Waals surface area contributed by atoms with Crippen LogP contribution in [0, 0.1) is 11.7 Å². The van der Waals surface area contributed by atoms with E-state index in [4.69, 9.17) is 0 Å². The largest absolute Gasteiger partial charge is 0.335 e. The lowest BCUT2D eigenvalue weighted by molar-refractivity contribution is 0.0654. The van der Waals surface area contributed by atoms with E-state index >= 15 is 0 Å². The van der Waals surface area contributed by atoms with Crippen LogP contribution in [0.5, 0.6) is 0 Å². The van der Waals surface area contributed by atoms with Crippen molar-refractivity contribution in [3.8, 4) is 0 Å². The molecule has 0 bridgehead atoms. The Hall–Kier alpha value is -1.49. The monoisotopic (exact) mass is 279 g/mol. The van der Waals surface area contributed by atoms with E-state index in [-0.39, 0.29) is 11.9 Å². The van der Waals surface area contributed by atoms with Crippen LogP contribution in [0.25, 0.3) is 0 Å². The maximum Gasteiger partial charge on any atom is 0.272 e. The van der Waals surface area contributed by atoms with E-state index in [0.29, 0.717) is 11.6 Å². The van der Waals surface area contributed by atoms with Crippen LogP contribution in [-0.4, -0.2) is 41.5 Å². The van der Waals surface area contributed by atoms with Crippen molar-refractivity contribution in [3.63, 3.8) is 0 Å². The first-order valence-corrected chi connectivity index (χ1v) is 7.21. The molecule has 110 valence electrons. The van der Waals surface area contributed by atoms with Gasteiger partial charge in [-0.2, -0.15) is 0 Å². The maximum atomic E-state index is 12.9. The number of aromatic nitrogens is 1. The molecule has 0 aromatic carbocycles. The quantitative estimate of drug-likeness (QED) is 0.917. The van der Waals surface area contributed by atoms with E-state index in [0.717, 1.165) is 38.7 Å². The summed E-state index contributed by atoms with van der Waals surface area (Å²) in [7, 11) is 0. The number of nitrogens with zero attached hydrogens (tertiary/aromatic N) is 2. The lowest BCUT2D eigenvalue weighted by atomic mass is 9.98. The zero-order valence-corrected chi connectivity index (χ0v) is 12.1. The number of carbonyl (C=O) groups excluding carboxylic acids is 1. The molecule has 1 fully saturated rings. The third-order valence-corrected chi connectivity index (χ3v) is 3.68. The van der Waals surface area contributed by atoms with Crippen molar-refractivity contribution in [2.24, 2.45) is 5.92 Å². The van der Waals surface area contributed by atoms with Crippen LogP contribution in [0.1, 0.15) is 37.2 Å². The van der Waals surface area contributed by atoms with E-state index in [1.807, 2.05) is 18.7 Å². The SMILES string of the molecule is CC(C)N(CC1CCCNC1)C(=O)c1ccc(F)cn1. The molecule has 0 spiro atoms. The zero-order chi connectivity index (χ0) is 14.5. The number of hydrogen-bond donors (Lipinski definition) is 1. The van der Waals surface area contributed by atoms with Crippen molar-refractivity contribution in [3.05, 3.63) is 29.8 Å². The molecule has 1 atom stereocenters. The fraction of sp³-hybridized carbons (Fsp3) is 0.600. The van der Waals surface area contributed by atoms with Crippen LogP contribution in [0.4, 0.5) is 4.39 Å². The van der Waals surface area contributed by atoms with Gasteiger partial charge in [-0.1, -0.05) is 0 Å². The third-order valence-electron chi connectivity index (χ3n) is 3.68. The zero-order valence-electron chi connectivity index (χ0n) is 12.1. The highest BCUT2D eigenvalue weighted by atomic mass is 19.1. The number of carbonyl (C=O) groups is 1. The molecule has 0 aliphatic carbocycles. The molecule has 20 heavy (non-hydrogen) atoms. The average molecular weight is 279 g/mol. The van der Waals surface area contributed by atoms with Gasteiger partial charge in [-0.3, -0.25) is 4.79 Å². The third kappa shape index (κ3) is 3.76. The van der Waals surface area contributed by atoms with Crippen LogP contribution < -0.4 is 5.32 Å². The molecular formula is C15H22FN3O. The minimum atomic E-state index is -0.422. The molecule has 1 unspecified atom stereocenters. The van der Waals surface area contributed by atoms with Crippen molar-refractivity contribution < 1.29 is 9.18 Å². The standard InChI is InChI=1S/C15H22FN3O/c1-11(2)19(10-12-4-3-7-17-8-12)15(20)14-6-5-13(16)9-18-14/h5-6,9,11-12,17H,3-4,7-8,10H2,1-2H3. The minimum Gasteiger partial charge on any atom is -0.335 e. The number of piperidine rings is 1. The van der Waals surface area contributed by atoms with Gasteiger partial charge in [-0.05, 0) is 57.8 Å². The molecule has 1 aromatic heterocycles. The number of rotatable bonds is 4. The fourth-order valence-electron chi connectivity index (χ4n) is 2.54. The second-order valence-corrected chi connectivity index (χ2v) is 5.63. The van der Waals surface area contributed by atoms with Gasteiger partial charge in [0.15, 0.2) is 0 Å². The van der Waals surface area contributed by atoms with Crippen LogP contribution in [0.2, 0.25) is 0 Å². The molecule has 4 nitrogen and oxygen atoms in total. The summed E-state index contributed by atoms with van der Waals surface area (Å²) in [4.78, 5) is 18.2. The smallest absolute Gasteiger partial charge is 0.272 e. The Labute approximate surface area is 119 Å². The summed E-state index contributed by atoms with van der Waals surface area (Å²) in [5.74, 6) is -0.0600. The van der Waals surface area contributed by atoms with Gasteiger partial charge < -0.3 is 10.2 Å². The number of pyridine rings is 1. The van der Waals surface area contributed by atoms with Crippen molar-refractivity contribution >= 4 is 5.91 Å². The number of nitrogens with one attached hydrogen (secondary N) is 1. The second-order valence-electron chi connectivity index (χ2n) is 5.63. The summed E-state index contributed by atoms with van der Waals surface area (Å²) in [5, 5.41) is 3.36. The Morgan fingerprint density at radius 2 is 2.35 bits per heavy atom. The molecule has 5 heteroatoms. The predicted octanol–water partition coefficient (Wildman–Crippen LogP) is 2.07. The number of hydrogen-bond acceptors (Lipinski definition) is 3. The van der Waals surface area contributed by atoms with E-state index in [1.165, 1.54) is 12.1 Å². The summed E-state index contributed by atoms with van der Waals surface area (Å²) >= 11 is 0. The van der Waals surface area contributed by atoms with Crippen molar-refractivity contribution in [2.75, 3.05) is 19.6 Å². The topological polar surface area (TPSA) is 45.2 Å². The molecule has 2 heterocycles. The first-order chi connectivity index (χ1) is 9.58. The van der Waals surface area contributed by atoms with Gasteiger partial charge in [0.05, 0.1) is 6.20 Å². The Kier molecular flexibility index (Phi) is 5.06. The van der Waals surface area contributed by atoms with Gasteiger partial charge in [0.1, 0.15) is 11.5 Å². The fourth-order valence-corrected chi connectivity index (χ4v) is 2.54. The highest BCUT2D eigenvalue weighted by Crippen LogP contribution is 2.15. The first kappa shape index (κ1) is 14.9. The Morgan fingerprint density at radius 3 is 2.90 bits per heavy atom. The van der Waals surface area contributed by atoms with E-state index < -0.39 is 5.82 Å². The highest BCUT2D eigenvalue weighted by Gasteiger charge is 2.24. The molecular weight excluding hydrogens is 257 g/mol. The predicted molar refractivity (Wildman–Crippen MR) is 76.0 cm³/mol. The van der Waals surface area contributed by atoms with Crippen molar-refractivity contribution in [1.82, 2.24) is 15.2 Å². The van der Waals surface area contributed by atoms with E-state index in [2.05, 4.69) is 10.3 Å². The van der Waals surface area contributed by atoms with Gasteiger partial charge >= 0.3 is 0 Å². The highest BCUT2D eigenvalue weighted by molar-refractivity contribution is 5.92. The molecule has 1 saturated heterocycles. The van der Waals surface area contributed by atoms with Gasteiger partial charge in [0.25, 0.3) is 5.91 Å². The first-order valence-electron chi connectivity index (χ1n) is 7.21. The number of halogens is 1. The molecule has 1 amide bonds. The Morgan fingerprint density at radius 1 is 1.55 bits per heavy atom. The second kappa shape index (κ2) is 6.79. The molecule has 1 aromatic rings. The molecule has 1 N–H and O–H groups in total. The Balaban J connectivity index is 2.07. The van der Waals surface area contributed by atoms with Crippen LogP contribution in [0.15, 0.2) is 18.3 Å². The molecule has 1 aliphatic rings. The molecule has 1 aliphatic heterocycles. The van der Waals surface area contributed by atoms with E-state index in [9.17, 15) is 9.18 Å². The average Bonchev–Trinajstić information content (AvgIpc) is 2.45. The summed E-state index contributed by atoms with van der Waals surface area (Å²) in [6.07, 6.45) is 3.38. The lowest BCUT2D eigenvalue weighted by Crippen LogP contribution is -2.44. The summed E-state index contributed by atoms with van der Waals surface area (Å²) in [5.41, 5.74) is 0.309.